The van der Waals surface area contributed by atoms with Gasteiger partial charge in [-0.2, -0.15) is 0 Å². The number of carboxylic acids is 1. The quantitative estimate of drug-likeness (QED) is 0.707. The molecule has 0 bridgehead atoms. The molecule has 3 nitrogen and oxygen atoms in total. The molecule has 1 heterocycles. The van der Waals surface area contributed by atoms with Crippen molar-refractivity contribution in [3.8, 4) is 0 Å². The molecule has 0 aliphatic rings. The fraction of sp³-hybridized carbons (Fsp3) is 0.0556. The van der Waals surface area contributed by atoms with Crippen LogP contribution in [0.2, 0.25) is 0 Å². The van der Waals surface area contributed by atoms with Gasteiger partial charge < -0.3 is 9.67 Å². The van der Waals surface area contributed by atoms with Gasteiger partial charge in [0.15, 0.2) is 0 Å². The first-order chi connectivity index (χ1) is 11.1. The number of carboxylic acid groups (broad SMARTS) is 1. The zero-order valence-corrected chi connectivity index (χ0v) is 14.1. The summed E-state index contributed by atoms with van der Waals surface area (Å²) in [5.74, 6) is -0.915. The number of carbonyl (C=O) groups is 1. The van der Waals surface area contributed by atoms with Crippen molar-refractivity contribution in [2.75, 3.05) is 0 Å². The monoisotopic (exact) mass is 341 g/mol. The average molecular weight is 341 g/mol. The Hall–Kier alpha value is -2.11. The number of benzene rings is 2. The van der Waals surface area contributed by atoms with E-state index in [9.17, 15) is 9.90 Å². The lowest BCUT2D eigenvalue weighted by molar-refractivity contribution is 0.0685. The normalized spacial score (nSPS) is 10.7. The van der Waals surface area contributed by atoms with Crippen LogP contribution >= 0.6 is 23.5 Å². The third-order valence-corrected chi connectivity index (χ3v) is 5.66. The molecule has 5 heteroatoms. The van der Waals surface area contributed by atoms with Crippen molar-refractivity contribution in [3.63, 3.8) is 0 Å². The molecule has 3 rings (SSSR count). The maximum Gasteiger partial charge on any atom is 0.352 e. The maximum absolute atomic E-state index is 11.5. The van der Waals surface area contributed by atoms with Gasteiger partial charge in [0.05, 0.1) is 5.03 Å². The summed E-state index contributed by atoms with van der Waals surface area (Å²) in [6.45, 7) is 0. The summed E-state index contributed by atoms with van der Waals surface area (Å²) < 4.78 is 1.74. The zero-order valence-electron chi connectivity index (χ0n) is 12.5. The molecule has 1 aromatic heterocycles. The zero-order chi connectivity index (χ0) is 16.2. The van der Waals surface area contributed by atoms with E-state index < -0.39 is 5.97 Å². The number of rotatable bonds is 5. The summed E-state index contributed by atoms with van der Waals surface area (Å²) in [4.78, 5) is 14.6. The van der Waals surface area contributed by atoms with Crippen LogP contribution in [0.1, 0.15) is 10.5 Å². The van der Waals surface area contributed by atoms with Crippen LogP contribution in [0, 0.1) is 0 Å². The minimum Gasteiger partial charge on any atom is -0.477 e. The topological polar surface area (TPSA) is 42.2 Å². The molecular formula is C18H15NO2S2. The molecule has 1 N–H and O–H groups in total. The lowest BCUT2D eigenvalue weighted by Crippen LogP contribution is -2.04. The predicted molar refractivity (Wildman–Crippen MR) is 93.5 cm³/mol. The Morgan fingerprint density at radius 3 is 1.96 bits per heavy atom. The van der Waals surface area contributed by atoms with E-state index in [1.807, 2.05) is 60.7 Å². The molecule has 0 saturated carbocycles. The molecule has 0 radical (unpaired) electrons. The fourth-order valence-electron chi connectivity index (χ4n) is 2.17. The van der Waals surface area contributed by atoms with Gasteiger partial charge in [-0.15, -0.1) is 0 Å². The molecule has 0 aliphatic heterocycles. The molecule has 0 amide bonds. The lowest BCUT2D eigenvalue weighted by atomic mass is 10.4. The van der Waals surface area contributed by atoms with E-state index in [4.69, 9.17) is 0 Å². The second-order valence-electron chi connectivity index (χ2n) is 4.89. The number of hydrogen-bond donors (Lipinski definition) is 1. The van der Waals surface area contributed by atoms with E-state index in [1.54, 1.807) is 41.2 Å². The standard InChI is InChI=1S/C18H15NO2S2/c1-19-15(18(20)21)12-16(22-13-8-4-2-5-9-13)17(19)23-14-10-6-3-7-11-14/h2-12H,1H3,(H,20,21). The highest BCUT2D eigenvalue weighted by molar-refractivity contribution is 8.02. The summed E-state index contributed by atoms with van der Waals surface area (Å²) in [6, 6.07) is 21.7. The van der Waals surface area contributed by atoms with Gasteiger partial charge in [-0.25, -0.2) is 4.79 Å². The third kappa shape index (κ3) is 3.63. The predicted octanol–water partition coefficient (Wildman–Crippen LogP) is 5.03. The van der Waals surface area contributed by atoms with Gasteiger partial charge >= 0.3 is 5.97 Å². The van der Waals surface area contributed by atoms with Gasteiger partial charge in [0.2, 0.25) is 0 Å². The molecular weight excluding hydrogens is 326 g/mol. The van der Waals surface area contributed by atoms with Crippen molar-refractivity contribution in [2.45, 2.75) is 19.7 Å². The largest absolute Gasteiger partial charge is 0.477 e. The Labute approximate surface area is 143 Å². The summed E-state index contributed by atoms with van der Waals surface area (Å²) in [7, 11) is 1.80. The number of hydrogen-bond acceptors (Lipinski definition) is 3. The Balaban J connectivity index is 2.00. The minimum absolute atomic E-state index is 0.293. The van der Waals surface area contributed by atoms with Gasteiger partial charge in [0.1, 0.15) is 5.69 Å². The Kier molecular flexibility index (Phi) is 4.79. The molecule has 3 aromatic rings. The van der Waals surface area contributed by atoms with E-state index in [2.05, 4.69) is 0 Å². The van der Waals surface area contributed by atoms with E-state index in [1.165, 1.54) is 0 Å². The van der Waals surface area contributed by atoms with Gasteiger partial charge in [0, 0.05) is 21.7 Å². The van der Waals surface area contributed by atoms with Crippen molar-refractivity contribution in [3.05, 3.63) is 72.4 Å². The maximum atomic E-state index is 11.5. The highest BCUT2D eigenvalue weighted by Crippen LogP contribution is 2.40. The second-order valence-corrected chi connectivity index (χ2v) is 7.07. The smallest absolute Gasteiger partial charge is 0.352 e. The van der Waals surface area contributed by atoms with Crippen molar-refractivity contribution in [2.24, 2.45) is 7.05 Å². The highest BCUT2D eigenvalue weighted by Gasteiger charge is 2.19. The molecule has 2 aromatic carbocycles. The first kappa shape index (κ1) is 15.8. The SMILES string of the molecule is Cn1c(C(=O)O)cc(Sc2ccccc2)c1Sc1ccccc1. The van der Waals surface area contributed by atoms with E-state index >= 15 is 0 Å². The molecule has 0 aliphatic carbocycles. The summed E-state index contributed by atoms with van der Waals surface area (Å²) in [6.07, 6.45) is 0. The van der Waals surface area contributed by atoms with Crippen molar-refractivity contribution < 1.29 is 9.90 Å². The van der Waals surface area contributed by atoms with Gasteiger partial charge in [0.25, 0.3) is 0 Å². The summed E-state index contributed by atoms with van der Waals surface area (Å²) in [5, 5.41) is 10.3. The highest BCUT2D eigenvalue weighted by atomic mass is 32.2. The molecule has 0 unspecified atom stereocenters. The fourth-order valence-corrected chi connectivity index (χ4v) is 4.27. The average Bonchev–Trinajstić information content (AvgIpc) is 2.86. The van der Waals surface area contributed by atoms with Gasteiger partial charge in [-0.05, 0) is 30.3 Å². The molecule has 0 fully saturated rings. The number of aromatic carboxylic acids is 1. The Morgan fingerprint density at radius 1 is 0.913 bits per heavy atom. The molecule has 23 heavy (non-hydrogen) atoms. The van der Waals surface area contributed by atoms with E-state index in [0.29, 0.717) is 5.69 Å². The van der Waals surface area contributed by atoms with Gasteiger partial charge in [-0.3, -0.25) is 0 Å². The van der Waals surface area contributed by atoms with Crippen molar-refractivity contribution in [1.29, 1.82) is 0 Å². The molecule has 0 atom stereocenters. The van der Waals surface area contributed by atoms with E-state index in [0.717, 1.165) is 19.7 Å². The summed E-state index contributed by atoms with van der Waals surface area (Å²) in [5.41, 5.74) is 0.293. The second kappa shape index (κ2) is 6.98. The Morgan fingerprint density at radius 2 is 1.43 bits per heavy atom. The molecule has 116 valence electrons. The third-order valence-electron chi connectivity index (χ3n) is 3.29. The van der Waals surface area contributed by atoms with Crippen LogP contribution in [-0.4, -0.2) is 15.6 Å². The van der Waals surface area contributed by atoms with Crippen LogP contribution in [0.5, 0.6) is 0 Å². The summed E-state index contributed by atoms with van der Waals surface area (Å²) >= 11 is 3.16. The van der Waals surface area contributed by atoms with Crippen LogP contribution in [0.25, 0.3) is 0 Å². The minimum atomic E-state index is -0.915. The first-order valence-electron chi connectivity index (χ1n) is 7.04. The molecule has 0 spiro atoms. The number of aromatic nitrogens is 1. The lowest BCUT2D eigenvalue weighted by Gasteiger charge is -2.08. The van der Waals surface area contributed by atoms with Crippen LogP contribution in [0.4, 0.5) is 0 Å². The first-order valence-corrected chi connectivity index (χ1v) is 8.67. The van der Waals surface area contributed by atoms with Crippen LogP contribution in [0.3, 0.4) is 0 Å². The van der Waals surface area contributed by atoms with Crippen LogP contribution < -0.4 is 0 Å². The van der Waals surface area contributed by atoms with E-state index in [-0.39, 0.29) is 0 Å². The Bertz CT molecular complexity index is 814. The van der Waals surface area contributed by atoms with Crippen molar-refractivity contribution in [1.82, 2.24) is 4.57 Å². The van der Waals surface area contributed by atoms with Crippen LogP contribution in [0.15, 0.2) is 86.4 Å². The van der Waals surface area contributed by atoms with Crippen LogP contribution in [-0.2, 0) is 7.05 Å². The van der Waals surface area contributed by atoms with Crippen molar-refractivity contribution >= 4 is 29.5 Å². The molecule has 0 saturated heterocycles. The van der Waals surface area contributed by atoms with Gasteiger partial charge in [-0.1, -0.05) is 59.9 Å². The number of nitrogens with zero attached hydrogens (tertiary/aromatic N) is 1.